The van der Waals surface area contributed by atoms with E-state index in [2.05, 4.69) is 64.2 Å². The van der Waals surface area contributed by atoms with Gasteiger partial charge >= 0.3 is 0 Å². The van der Waals surface area contributed by atoms with Gasteiger partial charge in [-0.05, 0) is 50.3 Å². The van der Waals surface area contributed by atoms with Crippen molar-refractivity contribution >= 4 is 28.6 Å². The van der Waals surface area contributed by atoms with Gasteiger partial charge in [-0.15, -0.1) is 0 Å². The van der Waals surface area contributed by atoms with Crippen LogP contribution in [0, 0.1) is 0 Å². The maximum absolute atomic E-state index is 6.16. The number of imidazole rings is 1. The third-order valence-electron chi connectivity index (χ3n) is 7.40. The molecule has 43 heavy (non-hydrogen) atoms. The van der Waals surface area contributed by atoms with Gasteiger partial charge in [-0.3, -0.25) is 4.57 Å². The van der Waals surface area contributed by atoms with Crippen LogP contribution in [0.15, 0.2) is 84.7 Å². The zero-order valence-electron chi connectivity index (χ0n) is 25.4. The van der Waals surface area contributed by atoms with E-state index in [9.17, 15) is 0 Å². The molecule has 9 nitrogen and oxygen atoms in total. The standard InChI is InChI=1S/C34H42N6O3/c1-4-6-13-26(5-2)23-39(24-27-14-8-7-9-15-27)32-31-33(40(25-35-31)30-18-10-11-19-43-30)38-34(37-32)36-28-16-12-17-29(22-28)42-21-20-41-3/h4,6-9,12-17,22,25,30H,5,10-11,18-21,23-24H2,1-3H3,(H,36,37,38). The van der Waals surface area contributed by atoms with E-state index in [4.69, 9.17) is 29.2 Å². The molecule has 5 rings (SSSR count). The Morgan fingerprint density at radius 2 is 2.00 bits per heavy atom. The largest absolute Gasteiger partial charge is 0.491 e. The van der Waals surface area contributed by atoms with Gasteiger partial charge < -0.3 is 24.4 Å². The van der Waals surface area contributed by atoms with Gasteiger partial charge in [-0.25, -0.2) is 4.98 Å². The lowest BCUT2D eigenvalue weighted by molar-refractivity contribution is -0.0298. The van der Waals surface area contributed by atoms with Crippen molar-refractivity contribution in [1.82, 2.24) is 19.5 Å². The minimum atomic E-state index is -0.102. The Morgan fingerprint density at radius 1 is 1.12 bits per heavy atom. The molecule has 0 spiro atoms. The molecule has 0 aliphatic carbocycles. The van der Waals surface area contributed by atoms with Crippen molar-refractivity contribution in [3.63, 3.8) is 0 Å². The van der Waals surface area contributed by atoms with Crippen molar-refractivity contribution in [3.8, 4) is 5.75 Å². The van der Waals surface area contributed by atoms with Crippen LogP contribution in [0.5, 0.6) is 5.75 Å². The van der Waals surface area contributed by atoms with Crippen LogP contribution in [0.2, 0.25) is 0 Å². The number of hydrogen-bond acceptors (Lipinski definition) is 8. The van der Waals surface area contributed by atoms with Crippen molar-refractivity contribution in [2.24, 2.45) is 0 Å². The number of ether oxygens (including phenoxy) is 3. The summed E-state index contributed by atoms with van der Waals surface area (Å²) in [7, 11) is 1.66. The SMILES string of the molecule is CC=CC=C(CC)CN(Cc1ccccc1)c1nc(Nc2cccc(OCCOC)c2)nc2c1ncn2C1CCCCO1. The van der Waals surface area contributed by atoms with E-state index < -0.39 is 0 Å². The van der Waals surface area contributed by atoms with E-state index >= 15 is 0 Å². The Kier molecular flexibility index (Phi) is 10.8. The molecule has 0 amide bonds. The highest BCUT2D eigenvalue weighted by atomic mass is 16.5. The number of methoxy groups -OCH3 is 1. The summed E-state index contributed by atoms with van der Waals surface area (Å²) in [6, 6.07) is 18.3. The first-order valence-electron chi connectivity index (χ1n) is 15.1. The maximum Gasteiger partial charge on any atom is 0.231 e. The normalized spacial score (nSPS) is 15.7. The van der Waals surface area contributed by atoms with Gasteiger partial charge in [0, 0.05) is 38.6 Å². The number of rotatable bonds is 14. The van der Waals surface area contributed by atoms with E-state index in [1.165, 1.54) is 11.1 Å². The summed E-state index contributed by atoms with van der Waals surface area (Å²) >= 11 is 0. The van der Waals surface area contributed by atoms with Gasteiger partial charge in [-0.2, -0.15) is 9.97 Å². The van der Waals surface area contributed by atoms with Crippen LogP contribution in [0.1, 0.15) is 51.3 Å². The van der Waals surface area contributed by atoms with Crippen LogP contribution >= 0.6 is 0 Å². The molecule has 1 saturated heterocycles. The molecule has 4 aromatic rings. The summed E-state index contributed by atoms with van der Waals surface area (Å²) in [5, 5.41) is 3.44. The first kappa shape index (κ1) is 30.3. The number of nitrogens with one attached hydrogen (secondary N) is 1. The average Bonchev–Trinajstić information content (AvgIpc) is 3.47. The Morgan fingerprint density at radius 3 is 2.77 bits per heavy atom. The lowest BCUT2D eigenvalue weighted by atomic mass is 10.1. The Balaban J connectivity index is 1.58. The molecule has 1 aliphatic rings. The summed E-state index contributed by atoms with van der Waals surface area (Å²) in [6.07, 6.45) is 12.1. The lowest BCUT2D eigenvalue weighted by Crippen LogP contribution is -2.27. The van der Waals surface area contributed by atoms with E-state index in [1.54, 1.807) is 7.11 Å². The number of hydrogen-bond donors (Lipinski definition) is 1. The van der Waals surface area contributed by atoms with Gasteiger partial charge in [0.1, 0.15) is 18.6 Å². The molecular formula is C34H42N6O3. The van der Waals surface area contributed by atoms with Crippen molar-refractivity contribution in [3.05, 3.63) is 90.3 Å². The Bertz CT molecular complexity index is 1510. The van der Waals surface area contributed by atoms with E-state index in [0.29, 0.717) is 32.3 Å². The molecule has 1 fully saturated rings. The zero-order valence-corrected chi connectivity index (χ0v) is 25.4. The summed E-state index contributed by atoms with van der Waals surface area (Å²) in [5.41, 5.74) is 4.83. The fraction of sp³-hybridized carbons (Fsp3) is 0.382. The second-order valence-electron chi connectivity index (χ2n) is 10.6. The summed E-state index contributed by atoms with van der Waals surface area (Å²) in [5.74, 6) is 2.01. The topological polar surface area (TPSA) is 86.6 Å². The summed E-state index contributed by atoms with van der Waals surface area (Å²) < 4.78 is 19.2. The predicted octanol–water partition coefficient (Wildman–Crippen LogP) is 7.21. The highest BCUT2D eigenvalue weighted by Crippen LogP contribution is 2.32. The number of anilines is 3. The number of allylic oxidation sites excluding steroid dienone is 3. The van der Waals surface area contributed by atoms with Gasteiger partial charge in [0.25, 0.3) is 0 Å². The monoisotopic (exact) mass is 582 g/mol. The Labute approximate surface area is 254 Å². The summed E-state index contributed by atoms with van der Waals surface area (Å²) in [6.45, 7) is 7.34. The van der Waals surface area contributed by atoms with Crippen LogP contribution in [-0.4, -0.2) is 53.0 Å². The minimum Gasteiger partial charge on any atom is -0.491 e. The third kappa shape index (κ3) is 8.00. The minimum absolute atomic E-state index is 0.102. The maximum atomic E-state index is 6.16. The van der Waals surface area contributed by atoms with E-state index in [0.717, 1.165) is 60.7 Å². The molecule has 1 atom stereocenters. The second-order valence-corrected chi connectivity index (χ2v) is 10.6. The number of benzene rings is 2. The zero-order chi connectivity index (χ0) is 29.9. The molecule has 2 aromatic carbocycles. The molecule has 2 aromatic heterocycles. The molecule has 9 heteroatoms. The van der Waals surface area contributed by atoms with Crippen LogP contribution in [0.25, 0.3) is 11.2 Å². The highest BCUT2D eigenvalue weighted by Gasteiger charge is 2.24. The lowest BCUT2D eigenvalue weighted by Gasteiger charge is -2.27. The second kappa shape index (κ2) is 15.3. The molecule has 226 valence electrons. The molecule has 1 aliphatic heterocycles. The first-order chi connectivity index (χ1) is 21.2. The van der Waals surface area contributed by atoms with Crippen LogP contribution < -0.4 is 15.0 Å². The molecular weight excluding hydrogens is 540 g/mol. The fourth-order valence-electron chi connectivity index (χ4n) is 5.14. The van der Waals surface area contributed by atoms with Crippen LogP contribution in [0.4, 0.5) is 17.5 Å². The molecule has 1 unspecified atom stereocenters. The van der Waals surface area contributed by atoms with Crippen molar-refractivity contribution in [2.45, 2.75) is 52.3 Å². The highest BCUT2D eigenvalue weighted by molar-refractivity contribution is 5.85. The van der Waals surface area contributed by atoms with Gasteiger partial charge in [0.2, 0.25) is 5.95 Å². The predicted molar refractivity (Wildman–Crippen MR) is 172 cm³/mol. The van der Waals surface area contributed by atoms with Crippen molar-refractivity contribution < 1.29 is 14.2 Å². The Hall–Kier alpha value is -4.21. The number of fused-ring (bicyclic) bond motifs is 1. The van der Waals surface area contributed by atoms with E-state index in [-0.39, 0.29) is 6.23 Å². The quantitative estimate of drug-likeness (QED) is 0.123. The molecule has 1 N–H and O–H groups in total. The fourth-order valence-corrected chi connectivity index (χ4v) is 5.14. The average molecular weight is 583 g/mol. The van der Waals surface area contributed by atoms with Gasteiger partial charge in [0.05, 0.1) is 12.9 Å². The smallest absolute Gasteiger partial charge is 0.231 e. The third-order valence-corrected chi connectivity index (χ3v) is 7.40. The summed E-state index contributed by atoms with van der Waals surface area (Å²) in [4.78, 5) is 17.3. The van der Waals surface area contributed by atoms with Gasteiger partial charge in [0.15, 0.2) is 17.0 Å². The van der Waals surface area contributed by atoms with Crippen molar-refractivity contribution in [2.75, 3.05) is 43.7 Å². The van der Waals surface area contributed by atoms with E-state index in [1.807, 2.05) is 43.6 Å². The van der Waals surface area contributed by atoms with Crippen molar-refractivity contribution in [1.29, 1.82) is 0 Å². The number of aromatic nitrogens is 4. The van der Waals surface area contributed by atoms with Gasteiger partial charge in [-0.1, -0.05) is 67.1 Å². The van der Waals surface area contributed by atoms with Crippen LogP contribution in [0.3, 0.4) is 0 Å². The molecule has 0 radical (unpaired) electrons. The molecule has 0 bridgehead atoms. The first-order valence-corrected chi connectivity index (χ1v) is 15.1. The number of nitrogens with zero attached hydrogens (tertiary/aromatic N) is 5. The van der Waals surface area contributed by atoms with Crippen LogP contribution in [-0.2, 0) is 16.0 Å². The molecule has 0 saturated carbocycles. The molecule has 3 heterocycles.